The zero-order valence-corrected chi connectivity index (χ0v) is 11.8. The van der Waals surface area contributed by atoms with Crippen LogP contribution in [0.1, 0.15) is 32.3 Å². The van der Waals surface area contributed by atoms with E-state index in [0.29, 0.717) is 11.5 Å². The van der Waals surface area contributed by atoms with E-state index in [1.54, 1.807) is 0 Å². The number of hydrogen-bond donors (Lipinski definition) is 1. The van der Waals surface area contributed by atoms with Crippen LogP contribution in [0.2, 0.25) is 0 Å². The van der Waals surface area contributed by atoms with Crippen LogP contribution in [0.15, 0.2) is 18.2 Å². The molecule has 0 saturated heterocycles. The van der Waals surface area contributed by atoms with E-state index >= 15 is 0 Å². The van der Waals surface area contributed by atoms with Crippen molar-refractivity contribution in [2.75, 3.05) is 5.32 Å². The van der Waals surface area contributed by atoms with Gasteiger partial charge in [-0.1, -0.05) is 13.0 Å². The topological polar surface area (TPSA) is 12.0 Å². The molecule has 15 heavy (non-hydrogen) atoms. The first-order valence-electron chi connectivity index (χ1n) is 5.54. The number of benzene rings is 1. The smallest absolute Gasteiger partial charge is 0.0353 e. The van der Waals surface area contributed by atoms with E-state index < -0.39 is 0 Å². The van der Waals surface area contributed by atoms with Gasteiger partial charge in [0.2, 0.25) is 0 Å². The third-order valence-corrected chi connectivity index (χ3v) is 4.80. The largest absolute Gasteiger partial charge is 0.382 e. The van der Waals surface area contributed by atoms with E-state index in [-0.39, 0.29) is 0 Å². The van der Waals surface area contributed by atoms with E-state index in [0.717, 1.165) is 0 Å². The second kappa shape index (κ2) is 3.96. The third-order valence-electron chi connectivity index (χ3n) is 3.64. The summed E-state index contributed by atoms with van der Waals surface area (Å²) in [6.45, 7) is 6.81. The quantitative estimate of drug-likeness (QED) is 0.824. The Bertz CT molecular complexity index is 369. The van der Waals surface area contributed by atoms with Crippen molar-refractivity contribution in [3.63, 3.8) is 0 Å². The molecule has 1 aromatic rings. The van der Waals surface area contributed by atoms with Crippen LogP contribution >= 0.6 is 22.6 Å². The molecule has 1 aliphatic carbocycles. The molecule has 0 aromatic heterocycles. The normalized spacial score (nSPS) is 19.7. The monoisotopic (exact) mass is 315 g/mol. The maximum Gasteiger partial charge on any atom is 0.0353 e. The Hall–Kier alpha value is -0.250. The van der Waals surface area contributed by atoms with E-state index in [2.05, 4.69) is 66.9 Å². The summed E-state index contributed by atoms with van der Waals surface area (Å²) in [5.41, 5.74) is 3.15. The summed E-state index contributed by atoms with van der Waals surface area (Å²) in [6.07, 6.45) is 2.73. The van der Waals surface area contributed by atoms with Gasteiger partial charge in [-0.05, 0) is 72.4 Å². The summed E-state index contributed by atoms with van der Waals surface area (Å²) < 4.78 is 1.34. The van der Waals surface area contributed by atoms with Gasteiger partial charge in [0.25, 0.3) is 0 Å². The highest BCUT2D eigenvalue weighted by Crippen LogP contribution is 2.48. The molecule has 2 heteroatoms. The van der Waals surface area contributed by atoms with Crippen molar-refractivity contribution in [2.24, 2.45) is 5.41 Å². The van der Waals surface area contributed by atoms with Crippen LogP contribution < -0.4 is 5.32 Å². The number of halogens is 1. The van der Waals surface area contributed by atoms with Gasteiger partial charge in [-0.15, -0.1) is 0 Å². The Morgan fingerprint density at radius 1 is 1.40 bits per heavy atom. The van der Waals surface area contributed by atoms with Crippen LogP contribution in [0.4, 0.5) is 5.69 Å². The van der Waals surface area contributed by atoms with Crippen LogP contribution in [-0.2, 0) is 0 Å². The molecule has 0 amide bonds. The number of rotatable bonds is 3. The Morgan fingerprint density at radius 3 is 2.60 bits per heavy atom. The molecule has 1 unspecified atom stereocenters. The van der Waals surface area contributed by atoms with Crippen molar-refractivity contribution < 1.29 is 0 Å². The molecule has 1 saturated carbocycles. The van der Waals surface area contributed by atoms with Crippen LogP contribution in [0.25, 0.3) is 0 Å². The zero-order chi connectivity index (χ0) is 11.1. The van der Waals surface area contributed by atoms with Gasteiger partial charge in [-0.25, -0.2) is 0 Å². The molecule has 1 atom stereocenters. The van der Waals surface area contributed by atoms with Gasteiger partial charge in [0.05, 0.1) is 0 Å². The molecule has 1 nitrogen and oxygen atoms in total. The fourth-order valence-electron chi connectivity index (χ4n) is 1.74. The van der Waals surface area contributed by atoms with Crippen LogP contribution in [0, 0.1) is 15.9 Å². The lowest BCUT2D eigenvalue weighted by atomic mass is 10.0. The van der Waals surface area contributed by atoms with E-state index in [9.17, 15) is 0 Å². The van der Waals surface area contributed by atoms with Crippen molar-refractivity contribution in [1.82, 2.24) is 0 Å². The second-order valence-electron chi connectivity index (χ2n) is 4.98. The maximum atomic E-state index is 3.61. The van der Waals surface area contributed by atoms with Crippen molar-refractivity contribution in [3.8, 4) is 0 Å². The molecule has 1 aliphatic rings. The van der Waals surface area contributed by atoms with Crippen molar-refractivity contribution in [2.45, 2.75) is 39.7 Å². The first-order chi connectivity index (χ1) is 7.01. The van der Waals surface area contributed by atoms with E-state index in [1.165, 1.54) is 27.7 Å². The summed E-state index contributed by atoms with van der Waals surface area (Å²) in [5, 5.41) is 3.61. The Labute approximate surface area is 106 Å². The zero-order valence-electron chi connectivity index (χ0n) is 9.60. The Balaban J connectivity index is 2.07. The molecule has 0 spiro atoms. The van der Waals surface area contributed by atoms with Gasteiger partial charge in [0.15, 0.2) is 0 Å². The Kier molecular flexibility index (Phi) is 2.97. The van der Waals surface area contributed by atoms with Gasteiger partial charge in [-0.3, -0.25) is 0 Å². The number of hydrogen-bond acceptors (Lipinski definition) is 1. The molecule has 82 valence electrons. The molecular formula is C13H18IN. The fourth-order valence-corrected chi connectivity index (χ4v) is 2.25. The van der Waals surface area contributed by atoms with Gasteiger partial charge in [0.1, 0.15) is 0 Å². The number of aryl methyl sites for hydroxylation is 1. The van der Waals surface area contributed by atoms with Gasteiger partial charge in [-0.2, -0.15) is 0 Å². The van der Waals surface area contributed by atoms with Crippen molar-refractivity contribution in [1.29, 1.82) is 0 Å². The average Bonchev–Trinajstić information content (AvgIpc) is 2.92. The number of anilines is 1. The van der Waals surface area contributed by atoms with Gasteiger partial charge in [0, 0.05) is 15.3 Å². The Morgan fingerprint density at radius 2 is 2.07 bits per heavy atom. The molecule has 0 aliphatic heterocycles. The minimum absolute atomic E-state index is 0.538. The number of nitrogens with one attached hydrogen (secondary N) is 1. The SMILES string of the molecule is Cc1ccc(NC(C)C2(C)CC2)cc1I. The minimum atomic E-state index is 0.538. The first-order valence-corrected chi connectivity index (χ1v) is 6.62. The first kappa shape index (κ1) is 11.2. The van der Waals surface area contributed by atoms with E-state index in [1.807, 2.05) is 0 Å². The lowest BCUT2D eigenvalue weighted by Gasteiger charge is -2.21. The van der Waals surface area contributed by atoms with Crippen LogP contribution in [0.5, 0.6) is 0 Å². The lowest BCUT2D eigenvalue weighted by molar-refractivity contribution is 0.493. The van der Waals surface area contributed by atoms with Crippen molar-refractivity contribution >= 4 is 28.3 Å². The standard InChI is InChI=1S/C13H18IN/c1-9-4-5-11(8-12(9)14)15-10(2)13(3)6-7-13/h4-5,8,10,15H,6-7H2,1-3H3. The summed E-state index contributed by atoms with van der Waals surface area (Å²) in [6, 6.07) is 7.18. The van der Waals surface area contributed by atoms with Gasteiger partial charge < -0.3 is 5.32 Å². The molecule has 0 bridgehead atoms. The minimum Gasteiger partial charge on any atom is -0.382 e. The summed E-state index contributed by atoms with van der Waals surface area (Å²) in [5.74, 6) is 0. The summed E-state index contributed by atoms with van der Waals surface area (Å²) in [7, 11) is 0. The average molecular weight is 315 g/mol. The fraction of sp³-hybridized carbons (Fsp3) is 0.538. The second-order valence-corrected chi connectivity index (χ2v) is 6.15. The van der Waals surface area contributed by atoms with Crippen LogP contribution in [-0.4, -0.2) is 6.04 Å². The summed E-state index contributed by atoms with van der Waals surface area (Å²) >= 11 is 2.39. The molecule has 0 radical (unpaired) electrons. The third kappa shape index (κ3) is 2.47. The highest BCUT2D eigenvalue weighted by Gasteiger charge is 2.42. The van der Waals surface area contributed by atoms with Gasteiger partial charge >= 0.3 is 0 Å². The molecule has 1 fully saturated rings. The highest BCUT2D eigenvalue weighted by atomic mass is 127. The maximum absolute atomic E-state index is 3.61. The van der Waals surface area contributed by atoms with Crippen molar-refractivity contribution in [3.05, 3.63) is 27.3 Å². The molecular weight excluding hydrogens is 297 g/mol. The van der Waals surface area contributed by atoms with E-state index in [4.69, 9.17) is 0 Å². The molecule has 1 N–H and O–H groups in total. The van der Waals surface area contributed by atoms with Crippen LogP contribution in [0.3, 0.4) is 0 Å². The predicted molar refractivity (Wildman–Crippen MR) is 74.3 cm³/mol. The highest BCUT2D eigenvalue weighted by molar-refractivity contribution is 14.1. The summed E-state index contributed by atoms with van der Waals surface area (Å²) in [4.78, 5) is 0. The molecule has 1 aromatic carbocycles. The molecule has 2 rings (SSSR count). The predicted octanol–water partition coefficient (Wildman–Crippen LogP) is 4.20. The molecule has 0 heterocycles. The lowest BCUT2D eigenvalue weighted by Crippen LogP contribution is -2.24.